The molecule has 0 aromatic carbocycles. The molecule has 1 fully saturated rings. The van der Waals surface area contributed by atoms with Crippen LogP contribution in [0.4, 0.5) is 5.82 Å². The molecule has 0 saturated carbocycles. The molecule has 9 heteroatoms. The van der Waals surface area contributed by atoms with Crippen molar-refractivity contribution in [2.75, 3.05) is 39.1 Å². The number of nitrogen functional groups attached to an aromatic ring is 1. The van der Waals surface area contributed by atoms with Gasteiger partial charge in [-0.3, -0.25) is 4.57 Å². The molecular weight excluding hydrogens is 372 g/mol. The molecule has 2 aromatic rings. The number of hydrogen-bond donors (Lipinski definition) is 2. The highest BCUT2D eigenvalue weighted by Crippen LogP contribution is 2.25. The molecule has 0 bridgehead atoms. The molecule has 1 aliphatic rings. The van der Waals surface area contributed by atoms with Crippen molar-refractivity contribution in [3.63, 3.8) is 0 Å². The SMILES string of the molecule is CCCCOc1nc(N)c2nc(OC)n(CCCNCCC3CCCCO3)c2n1. The van der Waals surface area contributed by atoms with Crippen LogP contribution in [0.15, 0.2) is 0 Å². The fourth-order valence-electron chi connectivity index (χ4n) is 3.50. The van der Waals surface area contributed by atoms with E-state index in [0.717, 1.165) is 51.9 Å². The molecule has 162 valence electrons. The van der Waals surface area contributed by atoms with Gasteiger partial charge in [-0.25, -0.2) is 0 Å². The smallest absolute Gasteiger partial charge is 0.320 e. The molecule has 1 unspecified atom stereocenters. The lowest BCUT2D eigenvalue weighted by atomic mass is 10.1. The lowest BCUT2D eigenvalue weighted by Crippen LogP contribution is -2.26. The van der Waals surface area contributed by atoms with Crippen LogP contribution in [0.1, 0.15) is 51.9 Å². The van der Waals surface area contributed by atoms with Gasteiger partial charge in [-0.2, -0.15) is 15.0 Å². The molecule has 0 aliphatic carbocycles. The van der Waals surface area contributed by atoms with E-state index in [2.05, 4.69) is 27.2 Å². The van der Waals surface area contributed by atoms with Crippen LogP contribution in [0.2, 0.25) is 0 Å². The monoisotopic (exact) mass is 406 g/mol. The Morgan fingerprint density at radius 3 is 2.86 bits per heavy atom. The first kappa shape index (κ1) is 21.6. The van der Waals surface area contributed by atoms with Gasteiger partial charge in [0.1, 0.15) is 0 Å². The molecular formula is C20H34N6O3. The van der Waals surface area contributed by atoms with Gasteiger partial charge in [-0.05, 0) is 51.6 Å². The average Bonchev–Trinajstić information content (AvgIpc) is 3.10. The molecule has 29 heavy (non-hydrogen) atoms. The maximum Gasteiger partial charge on any atom is 0.320 e. The predicted molar refractivity (Wildman–Crippen MR) is 112 cm³/mol. The summed E-state index contributed by atoms with van der Waals surface area (Å²) < 4.78 is 18.8. The number of methoxy groups -OCH3 is 1. The summed E-state index contributed by atoms with van der Waals surface area (Å²) >= 11 is 0. The highest BCUT2D eigenvalue weighted by Gasteiger charge is 2.18. The number of imidazole rings is 1. The zero-order valence-corrected chi connectivity index (χ0v) is 17.7. The van der Waals surface area contributed by atoms with Gasteiger partial charge < -0.3 is 25.3 Å². The number of aryl methyl sites for hydroxylation is 1. The van der Waals surface area contributed by atoms with E-state index in [0.29, 0.717) is 35.7 Å². The molecule has 3 heterocycles. The van der Waals surface area contributed by atoms with E-state index >= 15 is 0 Å². The lowest BCUT2D eigenvalue weighted by Gasteiger charge is -2.22. The molecule has 1 aliphatic heterocycles. The third-order valence-corrected chi connectivity index (χ3v) is 5.13. The second-order valence-electron chi connectivity index (χ2n) is 7.40. The summed E-state index contributed by atoms with van der Waals surface area (Å²) in [6, 6.07) is 0.778. The molecule has 1 saturated heterocycles. The Morgan fingerprint density at radius 2 is 2.10 bits per heavy atom. The van der Waals surface area contributed by atoms with Gasteiger partial charge in [0.25, 0.3) is 6.01 Å². The standard InChI is InChI=1S/C20H34N6O3/c1-3-4-13-29-19-24-17(21)16-18(25-19)26(20(23-16)27-2)12-7-10-22-11-9-15-8-5-6-14-28-15/h15,22H,3-14H2,1-2H3,(H2,21,24,25). The molecule has 3 N–H and O–H groups in total. The van der Waals surface area contributed by atoms with Crippen LogP contribution < -0.4 is 20.5 Å². The number of nitrogens with zero attached hydrogens (tertiary/aromatic N) is 4. The molecule has 3 rings (SSSR count). The van der Waals surface area contributed by atoms with Crippen molar-refractivity contribution in [1.82, 2.24) is 24.8 Å². The Bertz CT molecular complexity index is 760. The Morgan fingerprint density at radius 1 is 1.21 bits per heavy atom. The summed E-state index contributed by atoms with van der Waals surface area (Å²) in [5, 5.41) is 3.50. The van der Waals surface area contributed by atoms with Crippen molar-refractivity contribution in [3.8, 4) is 12.0 Å². The first-order valence-corrected chi connectivity index (χ1v) is 10.8. The van der Waals surface area contributed by atoms with Crippen LogP contribution in [0.25, 0.3) is 11.2 Å². The first-order chi connectivity index (χ1) is 14.2. The van der Waals surface area contributed by atoms with Gasteiger partial charge in [-0.1, -0.05) is 13.3 Å². The summed E-state index contributed by atoms with van der Waals surface area (Å²) in [5.74, 6) is 0.309. The van der Waals surface area contributed by atoms with Crippen molar-refractivity contribution in [2.45, 2.75) is 64.5 Å². The third-order valence-electron chi connectivity index (χ3n) is 5.13. The van der Waals surface area contributed by atoms with Crippen molar-refractivity contribution >= 4 is 17.0 Å². The first-order valence-electron chi connectivity index (χ1n) is 10.8. The number of fused-ring (bicyclic) bond motifs is 1. The lowest BCUT2D eigenvalue weighted by molar-refractivity contribution is 0.0116. The molecule has 0 spiro atoms. The summed E-state index contributed by atoms with van der Waals surface area (Å²) in [7, 11) is 1.60. The summed E-state index contributed by atoms with van der Waals surface area (Å²) in [5.41, 5.74) is 7.27. The Kier molecular flexibility index (Phi) is 8.30. The topological polar surface area (TPSA) is 109 Å². The minimum Gasteiger partial charge on any atom is -0.468 e. The molecule has 9 nitrogen and oxygen atoms in total. The van der Waals surface area contributed by atoms with Crippen LogP contribution in [-0.4, -0.2) is 59.0 Å². The summed E-state index contributed by atoms with van der Waals surface area (Å²) in [4.78, 5) is 13.2. The van der Waals surface area contributed by atoms with Gasteiger partial charge in [0.15, 0.2) is 17.0 Å². The van der Waals surface area contributed by atoms with Crippen molar-refractivity contribution in [1.29, 1.82) is 0 Å². The van der Waals surface area contributed by atoms with Gasteiger partial charge in [0.05, 0.1) is 19.8 Å². The number of anilines is 1. The number of ether oxygens (including phenoxy) is 3. The normalized spacial score (nSPS) is 17.0. The maximum atomic E-state index is 6.08. The predicted octanol–water partition coefficient (Wildman–Crippen LogP) is 2.53. The van der Waals surface area contributed by atoms with Gasteiger partial charge in [-0.15, -0.1) is 0 Å². The Balaban J connectivity index is 1.55. The van der Waals surface area contributed by atoms with E-state index in [4.69, 9.17) is 19.9 Å². The fourth-order valence-corrected chi connectivity index (χ4v) is 3.50. The van der Waals surface area contributed by atoms with E-state index in [1.165, 1.54) is 19.3 Å². The zero-order valence-electron chi connectivity index (χ0n) is 17.7. The third kappa shape index (κ3) is 5.93. The van der Waals surface area contributed by atoms with Crippen LogP contribution in [0.5, 0.6) is 12.0 Å². The number of nitrogens with one attached hydrogen (secondary N) is 1. The number of rotatable bonds is 12. The second-order valence-corrected chi connectivity index (χ2v) is 7.40. The molecule has 0 radical (unpaired) electrons. The van der Waals surface area contributed by atoms with Crippen LogP contribution in [-0.2, 0) is 11.3 Å². The quantitative estimate of drug-likeness (QED) is 0.518. The number of nitrogens with two attached hydrogens (primary N) is 1. The molecule has 2 aromatic heterocycles. The Labute approximate surface area is 172 Å². The molecule has 0 amide bonds. The van der Waals surface area contributed by atoms with E-state index in [1.807, 2.05) is 4.57 Å². The number of hydrogen-bond acceptors (Lipinski definition) is 8. The van der Waals surface area contributed by atoms with E-state index in [1.54, 1.807) is 7.11 Å². The van der Waals surface area contributed by atoms with Gasteiger partial charge >= 0.3 is 6.01 Å². The average molecular weight is 407 g/mol. The van der Waals surface area contributed by atoms with Gasteiger partial charge in [0, 0.05) is 13.2 Å². The van der Waals surface area contributed by atoms with Crippen molar-refractivity contribution < 1.29 is 14.2 Å². The summed E-state index contributed by atoms with van der Waals surface area (Å²) in [6.45, 7) is 6.18. The van der Waals surface area contributed by atoms with E-state index in [9.17, 15) is 0 Å². The molecule has 1 atom stereocenters. The van der Waals surface area contributed by atoms with Gasteiger partial charge in [0.2, 0.25) is 0 Å². The van der Waals surface area contributed by atoms with Crippen molar-refractivity contribution in [3.05, 3.63) is 0 Å². The Hall–Kier alpha value is -2.13. The number of unbranched alkanes of at least 4 members (excludes halogenated alkanes) is 1. The van der Waals surface area contributed by atoms with Crippen LogP contribution >= 0.6 is 0 Å². The van der Waals surface area contributed by atoms with Crippen LogP contribution in [0, 0.1) is 0 Å². The van der Waals surface area contributed by atoms with E-state index < -0.39 is 0 Å². The highest BCUT2D eigenvalue weighted by atomic mass is 16.5. The highest BCUT2D eigenvalue weighted by molar-refractivity contribution is 5.83. The largest absolute Gasteiger partial charge is 0.468 e. The maximum absolute atomic E-state index is 6.08. The minimum atomic E-state index is 0.290. The van der Waals surface area contributed by atoms with Crippen LogP contribution in [0.3, 0.4) is 0 Å². The summed E-state index contributed by atoms with van der Waals surface area (Å²) in [6.07, 6.45) is 8.06. The van der Waals surface area contributed by atoms with Crippen molar-refractivity contribution in [2.24, 2.45) is 0 Å². The minimum absolute atomic E-state index is 0.290. The number of aromatic nitrogens is 4. The fraction of sp³-hybridized carbons (Fsp3) is 0.750. The second kappa shape index (κ2) is 11.2. The van der Waals surface area contributed by atoms with E-state index in [-0.39, 0.29) is 6.01 Å². The zero-order chi connectivity index (χ0) is 20.5.